The zero-order chi connectivity index (χ0) is 11.5. The van der Waals surface area contributed by atoms with E-state index in [4.69, 9.17) is 5.73 Å². The number of nitrogens with zero attached hydrogens (tertiary/aromatic N) is 2. The Hall–Kier alpha value is -0.120. The predicted molar refractivity (Wildman–Crippen MR) is 68.5 cm³/mol. The molecule has 3 nitrogen and oxygen atoms in total. The topological polar surface area (TPSA) is 32.5 Å². The van der Waals surface area contributed by atoms with Crippen LogP contribution in [-0.4, -0.2) is 54.6 Å². The van der Waals surface area contributed by atoms with Crippen LogP contribution in [0.15, 0.2) is 0 Å². The molecule has 2 fully saturated rings. The molecule has 3 heteroatoms. The minimum atomic E-state index is 0.411. The highest BCUT2D eigenvalue weighted by atomic mass is 15.2. The van der Waals surface area contributed by atoms with Gasteiger partial charge in [0.25, 0.3) is 0 Å². The smallest absolute Gasteiger partial charge is 0.0206 e. The highest BCUT2D eigenvalue weighted by molar-refractivity contribution is 4.90. The van der Waals surface area contributed by atoms with Crippen LogP contribution in [0, 0.1) is 5.92 Å². The highest BCUT2D eigenvalue weighted by Crippen LogP contribution is 2.23. The molecule has 2 unspecified atom stereocenters. The molecule has 2 aliphatic rings. The van der Waals surface area contributed by atoms with Crippen LogP contribution in [0.4, 0.5) is 0 Å². The van der Waals surface area contributed by atoms with Gasteiger partial charge in [-0.15, -0.1) is 0 Å². The molecule has 2 rings (SSSR count). The third-order valence-corrected chi connectivity index (χ3v) is 4.31. The number of piperidine rings is 1. The van der Waals surface area contributed by atoms with Crippen molar-refractivity contribution in [3.05, 3.63) is 0 Å². The van der Waals surface area contributed by atoms with Gasteiger partial charge in [-0.2, -0.15) is 0 Å². The van der Waals surface area contributed by atoms with E-state index in [9.17, 15) is 0 Å². The maximum atomic E-state index is 6.10. The molecular weight excluding hydrogens is 198 g/mol. The predicted octanol–water partition coefficient (Wildman–Crippen LogP) is 1.14. The molecule has 0 amide bonds. The molecule has 2 N–H and O–H groups in total. The average Bonchev–Trinajstić information content (AvgIpc) is 2.61. The van der Waals surface area contributed by atoms with Crippen LogP contribution < -0.4 is 5.73 Å². The Morgan fingerprint density at radius 3 is 2.38 bits per heavy atom. The van der Waals surface area contributed by atoms with Gasteiger partial charge in [-0.25, -0.2) is 0 Å². The van der Waals surface area contributed by atoms with Gasteiger partial charge in [-0.3, -0.25) is 4.90 Å². The summed E-state index contributed by atoms with van der Waals surface area (Å²) in [4.78, 5) is 5.24. The Bertz CT molecular complexity index is 201. The summed E-state index contributed by atoms with van der Waals surface area (Å²) in [5, 5.41) is 0. The summed E-state index contributed by atoms with van der Waals surface area (Å²) in [6.45, 7) is 10.8. The lowest BCUT2D eigenvalue weighted by molar-refractivity contribution is 0.124. The van der Waals surface area contributed by atoms with Gasteiger partial charge in [-0.05, 0) is 44.8 Å². The van der Waals surface area contributed by atoms with E-state index in [2.05, 4.69) is 23.6 Å². The molecule has 0 radical (unpaired) electrons. The molecule has 0 saturated carbocycles. The van der Waals surface area contributed by atoms with E-state index in [1.165, 1.54) is 45.4 Å². The standard InChI is InChI=1S/C13H27N3/c1-3-6-15-7-4-12(5-8-15)16-9-11(2)13(14)10-16/h11-13H,3-10,14H2,1-2H3. The van der Waals surface area contributed by atoms with Gasteiger partial charge in [0.2, 0.25) is 0 Å². The Balaban J connectivity index is 1.77. The van der Waals surface area contributed by atoms with Crippen LogP contribution in [0.2, 0.25) is 0 Å². The molecule has 2 aliphatic heterocycles. The quantitative estimate of drug-likeness (QED) is 0.782. The lowest BCUT2D eigenvalue weighted by atomic mass is 10.0. The zero-order valence-electron chi connectivity index (χ0n) is 10.9. The van der Waals surface area contributed by atoms with Crippen molar-refractivity contribution >= 4 is 0 Å². The maximum Gasteiger partial charge on any atom is 0.0206 e. The fourth-order valence-electron chi connectivity index (χ4n) is 3.15. The van der Waals surface area contributed by atoms with Crippen LogP contribution >= 0.6 is 0 Å². The van der Waals surface area contributed by atoms with E-state index in [-0.39, 0.29) is 0 Å². The molecule has 2 atom stereocenters. The summed E-state index contributed by atoms with van der Waals surface area (Å²) in [5.74, 6) is 0.689. The van der Waals surface area contributed by atoms with Gasteiger partial charge < -0.3 is 10.6 Å². The first-order valence-corrected chi connectivity index (χ1v) is 6.92. The molecule has 0 aliphatic carbocycles. The van der Waals surface area contributed by atoms with Gasteiger partial charge in [0.15, 0.2) is 0 Å². The summed E-state index contributed by atoms with van der Waals surface area (Å²) in [5.41, 5.74) is 6.10. The molecule has 0 aromatic heterocycles. The van der Waals surface area contributed by atoms with Crippen LogP contribution in [0.25, 0.3) is 0 Å². The lowest BCUT2D eigenvalue weighted by Gasteiger charge is -2.36. The van der Waals surface area contributed by atoms with Gasteiger partial charge in [-0.1, -0.05) is 13.8 Å². The number of hydrogen-bond donors (Lipinski definition) is 1. The summed E-state index contributed by atoms with van der Waals surface area (Å²) < 4.78 is 0. The molecule has 2 saturated heterocycles. The molecule has 2 heterocycles. The van der Waals surface area contributed by atoms with Crippen LogP contribution in [0.1, 0.15) is 33.1 Å². The molecule has 94 valence electrons. The van der Waals surface area contributed by atoms with Gasteiger partial charge >= 0.3 is 0 Å². The fourth-order valence-corrected chi connectivity index (χ4v) is 3.15. The number of hydrogen-bond acceptors (Lipinski definition) is 3. The Morgan fingerprint density at radius 1 is 1.19 bits per heavy atom. The van der Waals surface area contributed by atoms with Crippen molar-refractivity contribution in [1.82, 2.24) is 9.80 Å². The summed E-state index contributed by atoms with van der Waals surface area (Å²) in [6, 6.07) is 1.22. The molecular formula is C13H27N3. The SMILES string of the molecule is CCCN1CCC(N2CC(C)C(N)C2)CC1. The second-order valence-electron chi connectivity index (χ2n) is 5.67. The van der Waals surface area contributed by atoms with E-state index < -0.39 is 0 Å². The second kappa shape index (κ2) is 5.48. The normalized spacial score (nSPS) is 34.7. The van der Waals surface area contributed by atoms with E-state index >= 15 is 0 Å². The number of likely N-dealkylation sites (tertiary alicyclic amines) is 2. The fraction of sp³-hybridized carbons (Fsp3) is 1.00. The first-order valence-electron chi connectivity index (χ1n) is 6.92. The Kier molecular flexibility index (Phi) is 4.22. The minimum absolute atomic E-state index is 0.411. The number of nitrogens with two attached hydrogens (primary N) is 1. The van der Waals surface area contributed by atoms with E-state index in [0.29, 0.717) is 12.0 Å². The third kappa shape index (κ3) is 2.76. The van der Waals surface area contributed by atoms with Gasteiger partial charge in [0, 0.05) is 25.2 Å². The minimum Gasteiger partial charge on any atom is -0.326 e. The Morgan fingerprint density at radius 2 is 1.88 bits per heavy atom. The zero-order valence-corrected chi connectivity index (χ0v) is 10.9. The van der Waals surface area contributed by atoms with Crippen molar-refractivity contribution in [2.75, 3.05) is 32.7 Å². The lowest BCUT2D eigenvalue weighted by Crippen LogP contribution is -2.44. The van der Waals surface area contributed by atoms with Crippen molar-refractivity contribution in [3.63, 3.8) is 0 Å². The first-order chi connectivity index (χ1) is 7.70. The van der Waals surface area contributed by atoms with Crippen molar-refractivity contribution in [1.29, 1.82) is 0 Å². The Labute approximate surface area is 100.0 Å². The maximum absolute atomic E-state index is 6.10. The molecule has 0 bridgehead atoms. The largest absolute Gasteiger partial charge is 0.326 e. The first kappa shape index (κ1) is 12.3. The third-order valence-electron chi connectivity index (χ3n) is 4.31. The molecule has 16 heavy (non-hydrogen) atoms. The molecule has 0 aromatic carbocycles. The summed E-state index contributed by atoms with van der Waals surface area (Å²) >= 11 is 0. The summed E-state index contributed by atoms with van der Waals surface area (Å²) in [6.07, 6.45) is 3.98. The van der Waals surface area contributed by atoms with E-state index in [0.717, 1.165) is 12.6 Å². The average molecular weight is 225 g/mol. The van der Waals surface area contributed by atoms with E-state index in [1.54, 1.807) is 0 Å². The van der Waals surface area contributed by atoms with Crippen molar-refractivity contribution in [2.45, 2.75) is 45.2 Å². The summed E-state index contributed by atoms with van der Waals surface area (Å²) in [7, 11) is 0. The van der Waals surface area contributed by atoms with Crippen LogP contribution in [0.5, 0.6) is 0 Å². The van der Waals surface area contributed by atoms with Crippen molar-refractivity contribution in [2.24, 2.45) is 11.7 Å². The second-order valence-corrected chi connectivity index (χ2v) is 5.67. The van der Waals surface area contributed by atoms with Crippen molar-refractivity contribution in [3.8, 4) is 0 Å². The molecule has 0 spiro atoms. The van der Waals surface area contributed by atoms with Gasteiger partial charge in [0.1, 0.15) is 0 Å². The van der Waals surface area contributed by atoms with Crippen molar-refractivity contribution < 1.29 is 0 Å². The van der Waals surface area contributed by atoms with Crippen LogP contribution in [0.3, 0.4) is 0 Å². The van der Waals surface area contributed by atoms with Crippen LogP contribution in [-0.2, 0) is 0 Å². The highest BCUT2D eigenvalue weighted by Gasteiger charge is 2.32. The van der Waals surface area contributed by atoms with Gasteiger partial charge in [0.05, 0.1) is 0 Å². The molecule has 0 aromatic rings. The number of rotatable bonds is 3. The monoisotopic (exact) mass is 225 g/mol. The van der Waals surface area contributed by atoms with E-state index in [1.807, 2.05) is 0 Å².